The molecule has 0 radical (unpaired) electrons. The summed E-state index contributed by atoms with van der Waals surface area (Å²) < 4.78 is 0. The van der Waals surface area contributed by atoms with Crippen LogP contribution in [0.3, 0.4) is 0 Å². The summed E-state index contributed by atoms with van der Waals surface area (Å²) in [6.07, 6.45) is 0.897. The van der Waals surface area contributed by atoms with E-state index in [1.165, 1.54) is 10.9 Å². The van der Waals surface area contributed by atoms with E-state index in [-0.39, 0.29) is 0 Å². The Morgan fingerprint density at radius 3 is 2.48 bits per heavy atom. The van der Waals surface area contributed by atoms with Gasteiger partial charge in [-0.25, -0.2) is 0 Å². The van der Waals surface area contributed by atoms with Gasteiger partial charge in [0.2, 0.25) is 0 Å². The van der Waals surface area contributed by atoms with Gasteiger partial charge in [0.25, 0.3) is 0 Å². The third kappa shape index (κ3) is 4.21. The molecule has 3 aromatic carbocycles. The van der Waals surface area contributed by atoms with E-state index in [0.29, 0.717) is 5.11 Å². The highest BCUT2D eigenvalue weighted by Crippen LogP contribution is 2.22. The molecule has 0 amide bonds. The van der Waals surface area contributed by atoms with Crippen LogP contribution in [0.5, 0.6) is 0 Å². The Balaban J connectivity index is 1.57. The number of halogens is 1. The van der Waals surface area contributed by atoms with E-state index in [2.05, 4.69) is 28.8 Å². The van der Waals surface area contributed by atoms with Crippen LogP contribution in [-0.4, -0.2) is 11.7 Å². The number of benzene rings is 3. The van der Waals surface area contributed by atoms with Gasteiger partial charge in [-0.3, -0.25) is 0 Å². The fourth-order valence-corrected chi connectivity index (χ4v) is 2.81. The molecule has 3 aromatic rings. The molecule has 0 saturated carbocycles. The van der Waals surface area contributed by atoms with E-state index in [1.54, 1.807) is 0 Å². The van der Waals surface area contributed by atoms with Crippen molar-refractivity contribution in [2.45, 2.75) is 6.42 Å². The van der Waals surface area contributed by atoms with Gasteiger partial charge in [0.05, 0.1) is 0 Å². The maximum absolute atomic E-state index is 5.89. The number of thiocarbonyl (C=S) groups is 1. The van der Waals surface area contributed by atoms with Crippen LogP contribution in [-0.2, 0) is 6.42 Å². The zero-order valence-corrected chi connectivity index (χ0v) is 14.1. The fraction of sp³-hybridized carbons (Fsp3) is 0.105. The Labute approximate surface area is 146 Å². The average Bonchev–Trinajstić information content (AvgIpc) is 2.57. The lowest BCUT2D eigenvalue weighted by Gasteiger charge is -2.12. The Hall–Kier alpha value is -2.10. The molecule has 116 valence electrons. The molecule has 0 fully saturated rings. The molecule has 0 unspecified atom stereocenters. The molecule has 0 atom stereocenters. The van der Waals surface area contributed by atoms with Crippen LogP contribution in [0, 0.1) is 0 Å². The molecule has 23 heavy (non-hydrogen) atoms. The van der Waals surface area contributed by atoms with Gasteiger partial charge in [-0.2, -0.15) is 0 Å². The molecule has 0 heterocycles. The maximum atomic E-state index is 5.89. The van der Waals surface area contributed by atoms with E-state index in [0.717, 1.165) is 29.1 Å². The van der Waals surface area contributed by atoms with Crippen LogP contribution in [0.1, 0.15) is 5.56 Å². The first-order chi connectivity index (χ1) is 11.2. The summed E-state index contributed by atoms with van der Waals surface area (Å²) in [6, 6.07) is 22.3. The maximum Gasteiger partial charge on any atom is 0.170 e. The minimum Gasteiger partial charge on any atom is -0.362 e. The van der Waals surface area contributed by atoms with Crippen molar-refractivity contribution in [3.8, 4) is 0 Å². The predicted molar refractivity (Wildman–Crippen MR) is 103 cm³/mol. The highest BCUT2D eigenvalue weighted by molar-refractivity contribution is 7.80. The first-order valence-corrected chi connectivity index (χ1v) is 8.28. The zero-order valence-electron chi connectivity index (χ0n) is 12.6. The molecular formula is C19H17ClN2S. The summed E-state index contributed by atoms with van der Waals surface area (Å²) in [5, 5.41) is 10.3. The minimum absolute atomic E-state index is 0.635. The number of rotatable bonds is 4. The second kappa shape index (κ2) is 7.44. The molecule has 4 heteroatoms. The third-order valence-corrected chi connectivity index (χ3v) is 4.15. The monoisotopic (exact) mass is 340 g/mol. The first kappa shape index (κ1) is 15.8. The van der Waals surface area contributed by atoms with Crippen LogP contribution in [0.2, 0.25) is 5.02 Å². The molecule has 2 nitrogen and oxygen atoms in total. The Morgan fingerprint density at radius 1 is 0.913 bits per heavy atom. The van der Waals surface area contributed by atoms with E-state index < -0.39 is 0 Å². The van der Waals surface area contributed by atoms with Crippen LogP contribution in [0.15, 0.2) is 66.7 Å². The SMILES string of the molecule is S=C(NCCc1ccc(Cl)cc1)Nc1cccc2ccccc12. The molecular weight excluding hydrogens is 324 g/mol. The van der Waals surface area contributed by atoms with Crippen LogP contribution in [0.4, 0.5) is 5.69 Å². The number of hydrogen-bond donors (Lipinski definition) is 2. The summed E-state index contributed by atoms with van der Waals surface area (Å²) in [5.74, 6) is 0. The number of anilines is 1. The van der Waals surface area contributed by atoms with Crippen molar-refractivity contribution in [2.24, 2.45) is 0 Å². The van der Waals surface area contributed by atoms with Gasteiger partial charge >= 0.3 is 0 Å². The van der Waals surface area contributed by atoms with Crippen molar-refractivity contribution in [2.75, 3.05) is 11.9 Å². The number of nitrogens with one attached hydrogen (secondary N) is 2. The predicted octanol–water partition coefficient (Wildman–Crippen LogP) is 5.02. The summed E-state index contributed by atoms with van der Waals surface area (Å²) >= 11 is 11.3. The molecule has 0 aliphatic carbocycles. The molecule has 2 N–H and O–H groups in total. The summed E-state index contributed by atoms with van der Waals surface area (Å²) in [4.78, 5) is 0. The lowest BCUT2D eigenvalue weighted by Crippen LogP contribution is -2.30. The van der Waals surface area contributed by atoms with Crippen LogP contribution in [0.25, 0.3) is 10.8 Å². The molecule has 0 saturated heterocycles. The van der Waals surface area contributed by atoms with Gasteiger partial charge in [0.15, 0.2) is 5.11 Å². The summed E-state index contributed by atoms with van der Waals surface area (Å²) in [5.41, 5.74) is 2.25. The second-order valence-electron chi connectivity index (χ2n) is 5.28. The highest BCUT2D eigenvalue weighted by Gasteiger charge is 2.02. The average molecular weight is 341 g/mol. The van der Waals surface area contributed by atoms with E-state index in [4.69, 9.17) is 23.8 Å². The Morgan fingerprint density at radius 2 is 1.65 bits per heavy atom. The first-order valence-electron chi connectivity index (χ1n) is 7.49. The van der Waals surface area contributed by atoms with E-state index in [1.807, 2.05) is 48.5 Å². The van der Waals surface area contributed by atoms with Gasteiger partial charge in [0.1, 0.15) is 0 Å². The molecule has 0 aliphatic heterocycles. The number of fused-ring (bicyclic) bond motifs is 1. The molecule has 0 aromatic heterocycles. The molecule has 0 bridgehead atoms. The van der Waals surface area contributed by atoms with Crippen molar-refractivity contribution < 1.29 is 0 Å². The van der Waals surface area contributed by atoms with E-state index >= 15 is 0 Å². The lowest BCUT2D eigenvalue weighted by molar-refractivity contribution is 0.873. The molecule has 3 rings (SSSR count). The minimum atomic E-state index is 0.635. The topological polar surface area (TPSA) is 24.1 Å². The summed E-state index contributed by atoms with van der Waals surface area (Å²) in [7, 11) is 0. The second-order valence-corrected chi connectivity index (χ2v) is 6.13. The van der Waals surface area contributed by atoms with Gasteiger partial charge in [-0.15, -0.1) is 0 Å². The smallest absolute Gasteiger partial charge is 0.170 e. The van der Waals surface area contributed by atoms with Crippen molar-refractivity contribution in [1.82, 2.24) is 5.32 Å². The summed E-state index contributed by atoms with van der Waals surface area (Å²) in [6.45, 7) is 0.776. The van der Waals surface area contributed by atoms with Crippen LogP contribution >= 0.6 is 23.8 Å². The normalized spacial score (nSPS) is 10.5. The Kier molecular flexibility index (Phi) is 5.11. The van der Waals surface area contributed by atoms with Gasteiger partial charge in [0, 0.05) is 22.6 Å². The molecule has 0 aliphatic rings. The zero-order chi connectivity index (χ0) is 16.1. The van der Waals surface area contributed by atoms with Crippen molar-refractivity contribution in [3.63, 3.8) is 0 Å². The lowest BCUT2D eigenvalue weighted by atomic mass is 10.1. The van der Waals surface area contributed by atoms with Crippen molar-refractivity contribution >= 4 is 45.4 Å². The van der Waals surface area contributed by atoms with Gasteiger partial charge in [-0.1, -0.05) is 60.1 Å². The fourth-order valence-electron chi connectivity index (χ4n) is 2.47. The standard InChI is InChI=1S/C19H17ClN2S/c20-16-10-8-14(9-11-16)12-13-21-19(23)22-18-7-3-5-15-4-1-2-6-17(15)18/h1-11H,12-13H2,(H2,21,22,23). The van der Waals surface area contributed by atoms with Crippen molar-refractivity contribution in [3.05, 3.63) is 77.3 Å². The molecule has 0 spiro atoms. The number of hydrogen-bond acceptors (Lipinski definition) is 1. The third-order valence-electron chi connectivity index (χ3n) is 3.65. The van der Waals surface area contributed by atoms with Crippen LogP contribution < -0.4 is 10.6 Å². The van der Waals surface area contributed by atoms with Gasteiger partial charge in [-0.05, 0) is 47.8 Å². The highest BCUT2D eigenvalue weighted by atomic mass is 35.5. The largest absolute Gasteiger partial charge is 0.362 e. The van der Waals surface area contributed by atoms with Crippen molar-refractivity contribution in [1.29, 1.82) is 0 Å². The quantitative estimate of drug-likeness (QED) is 0.652. The van der Waals surface area contributed by atoms with E-state index in [9.17, 15) is 0 Å². The Bertz CT molecular complexity index is 810. The van der Waals surface area contributed by atoms with Gasteiger partial charge < -0.3 is 10.6 Å².